The maximum Gasteiger partial charge on any atom is 0.341 e. The molecule has 2 N–H and O–H groups in total. The highest BCUT2D eigenvalue weighted by atomic mass is 16.6. The van der Waals surface area contributed by atoms with E-state index in [4.69, 9.17) is 19.3 Å². The Balaban J connectivity index is 1.31. The Morgan fingerprint density at radius 3 is 2.75 bits per heavy atom. The van der Waals surface area contributed by atoms with Crippen LogP contribution in [0.3, 0.4) is 0 Å². The molecule has 0 unspecified atom stereocenters. The summed E-state index contributed by atoms with van der Waals surface area (Å²) in [4.78, 5) is 23.1. The lowest BCUT2D eigenvalue weighted by Crippen LogP contribution is -2.25. The molecule has 7 nitrogen and oxygen atoms in total. The van der Waals surface area contributed by atoms with Gasteiger partial charge in [0.1, 0.15) is 19.0 Å². The molecule has 1 fully saturated rings. The molecule has 0 radical (unpaired) electrons. The van der Waals surface area contributed by atoms with Crippen molar-refractivity contribution < 1.29 is 28.9 Å². The van der Waals surface area contributed by atoms with Gasteiger partial charge in [0.15, 0.2) is 18.1 Å². The first-order chi connectivity index (χ1) is 13.6. The number of nitrogens with one attached hydrogen (secondary N) is 1. The Morgan fingerprint density at radius 1 is 1.11 bits per heavy atom. The summed E-state index contributed by atoms with van der Waals surface area (Å²) in [5, 5.41) is 11.6. The number of amides is 1. The SMILES string of the molecule is O=C(O)COc1cccc(CNC(=O)[C@H]2C[C@@H]2c2ccc3c(c2)OCCO3)c1. The maximum atomic E-state index is 12.5. The van der Waals surface area contributed by atoms with Gasteiger partial charge in [-0.1, -0.05) is 18.2 Å². The first-order valence-electron chi connectivity index (χ1n) is 9.21. The van der Waals surface area contributed by atoms with Crippen LogP contribution in [0.25, 0.3) is 0 Å². The summed E-state index contributed by atoms with van der Waals surface area (Å²) in [5.74, 6) is 1.09. The molecule has 0 spiro atoms. The van der Waals surface area contributed by atoms with Gasteiger partial charge < -0.3 is 24.6 Å². The normalized spacial score (nSPS) is 19.6. The minimum Gasteiger partial charge on any atom is -0.486 e. The second kappa shape index (κ2) is 7.80. The highest BCUT2D eigenvalue weighted by Crippen LogP contribution is 2.49. The molecule has 28 heavy (non-hydrogen) atoms. The highest BCUT2D eigenvalue weighted by molar-refractivity contribution is 5.83. The van der Waals surface area contributed by atoms with E-state index in [1.54, 1.807) is 18.2 Å². The van der Waals surface area contributed by atoms with Gasteiger partial charge in [-0.05, 0) is 47.7 Å². The summed E-state index contributed by atoms with van der Waals surface area (Å²) in [6.07, 6.45) is 0.813. The molecule has 1 heterocycles. The smallest absolute Gasteiger partial charge is 0.341 e. The molecule has 1 amide bonds. The molecule has 0 bridgehead atoms. The Kier molecular flexibility index (Phi) is 5.06. The van der Waals surface area contributed by atoms with E-state index in [0.717, 1.165) is 29.0 Å². The second-order valence-electron chi connectivity index (χ2n) is 6.90. The van der Waals surface area contributed by atoms with Crippen LogP contribution in [0.1, 0.15) is 23.5 Å². The van der Waals surface area contributed by atoms with Crippen LogP contribution < -0.4 is 19.5 Å². The standard InChI is InChI=1S/C21H21NO6/c23-20(24)12-28-15-3-1-2-13(8-15)11-22-21(25)17-10-16(17)14-4-5-18-19(9-14)27-7-6-26-18/h1-5,8-9,16-17H,6-7,10-12H2,(H,22,25)(H,23,24)/t16-,17+/m1/s1. The molecule has 2 aromatic rings. The fraction of sp³-hybridized carbons (Fsp3) is 0.333. The lowest BCUT2D eigenvalue weighted by atomic mass is 10.1. The molecule has 1 aliphatic carbocycles. The zero-order valence-electron chi connectivity index (χ0n) is 15.2. The third kappa shape index (κ3) is 4.19. The van der Waals surface area contributed by atoms with Gasteiger partial charge in [0, 0.05) is 12.5 Å². The minimum atomic E-state index is -1.03. The van der Waals surface area contributed by atoms with Crippen molar-refractivity contribution in [1.82, 2.24) is 5.32 Å². The van der Waals surface area contributed by atoms with E-state index in [2.05, 4.69) is 5.32 Å². The lowest BCUT2D eigenvalue weighted by Gasteiger charge is -2.18. The minimum absolute atomic E-state index is 0.0109. The summed E-state index contributed by atoms with van der Waals surface area (Å²) < 4.78 is 16.3. The number of carboxylic acids is 1. The monoisotopic (exact) mass is 383 g/mol. The predicted octanol–water partition coefficient (Wildman–Crippen LogP) is 2.34. The van der Waals surface area contributed by atoms with Gasteiger partial charge in [0.05, 0.1) is 0 Å². The van der Waals surface area contributed by atoms with Gasteiger partial charge in [-0.25, -0.2) is 4.79 Å². The van der Waals surface area contributed by atoms with Crippen LogP contribution in [-0.4, -0.2) is 36.8 Å². The molecule has 4 rings (SSSR count). The number of aliphatic carboxylic acids is 1. The number of carboxylic acid groups (broad SMARTS) is 1. The Hall–Kier alpha value is -3.22. The molecule has 2 atom stereocenters. The number of hydrogen-bond acceptors (Lipinski definition) is 5. The summed E-state index contributed by atoms with van der Waals surface area (Å²) in [6.45, 7) is 1.08. The molecule has 146 valence electrons. The lowest BCUT2D eigenvalue weighted by molar-refractivity contribution is -0.139. The average molecular weight is 383 g/mol. The van der Waals surface area contributed by atoms with Gasteiger partial charge in [-0.15, -0.1) is 0 Å². The third-order valence-electron chi connectivity index (χ3n) is 4.85. The molecule has 1 saturated carbocycles. The van der Waals surface area contributed by atoms with Gasteiger partial charge >= 0.3 is 5.97 Å². The Morgan fingerprint density at radius 2 is 1.93 bits per heavy atom. The average Bonchev–Trinajstić information content (AvgIpc) is 3.51. The quantitative estimate of drug-likeness (QED) is 0.762. The van der Waals surface area contributed by atoms with Gasteiger partial charge in [0.2, 0.25) is 5.91 Å². The van der Waals surface area contributed by atoms with Crippen LogP contribution in [0.15, 0.2) is 42.5 Å². The van der Waals surface area contributed by atoms with Crippen LogP contribution in [-0.2, 0) is 16.1 Å². The number of fused-ring (bicyclic) bond motifs is 1. The van der Waals surface area contributed by atoms with Crippen LogP contribution in [0.4, 0.5) is 0 Å². The summed E-state index contributed by atoms with van der Waals surface area (Å²) in [7, 11) is 0. The van der Waals surface area contributed by atoms with Crippen molar-refractivity contribution in [3.63, 3.8) is 0 Å². The first-order valence-corrected chi connectivity index (χ1v) is 9.21. The van der Waals surface area contributed by atoms with E-state index in [1.165, 1.54) is 0 Å². The molecule has 1 aliphatic heterocycles. The van der Waals surface area contributed by atoms with Crippen molar-refractivity contribution in [3.05, 3.63) is 53.6 Å². The second-order valence-corrected chi connectivity index (χ2v) is 6.90. The summed E-state index contributed by atoms with van der Waals surface area (Å²) >= 11 is 0. The highest BCUT2D eigenvalue weighted by Gasteiger charge is 2.44. The topological polar surface area (TPSA) is 94.1 Å². The van der Waals surface area contributed by atoms with E-state index in [-0.39, 0.29) is 17.7 Å². The van der Waals surface area contributed by atoms with Crippen molar-refractivity contribution in [2.75, 3.05) is 19.8 Å². The third-order valence-corrected chi connectivity index (χ3v) is 4.85. The number of benzene rings is 2. The van der Waals surface area contributed by atoms with E-state index >= 15 is 0 Å². The van der Waals surface area contributed by atoms with Crippen molar-refractivity contribution in [3.8, 4) is 17.2 Å². The van der Waals surface area contributed by atoms with Gasteiger partial charge in [-0.2, -0.15) is 0 Å². The number of ether oxygens (including phenoxy) is 3. The fourth-order valence-electron chi connectivity index (χ4n) is 3.35. The molecule has 0 saturated heterocycles. The molecule has 2 aromatic carbocycles. The predicted molar refractivity (Wildman–Crippen MR) is 99.7 cm³/mol. The zero-order chi connectivity index (χ0) is 19.5. The number of hydrogen-bond donors (Lipinski definition) is 2. The van der Waals surface area contributed by atoms with E-state index in [0.29, 0.717) is 25.5 Å². The van der Waals surface area contributed by atoms with Crippen molar-refractivity contribution >= 4 is 11.9 Å². The van der Waals surface area contributed by atoms with Crippen LogP contribution in [0.5, 0.6) is 17.2 Å². The summed E-state index contributed by atoms with van der Waals surface area (Å²) in [6, 6.07) is 12.9. The van der Waals surface area contributed by atoms with Crippen molar-refractivity contribution in [1.29, 1.82) is 0 Å². The van der Waals surface area contributed by atoms with Crippen LogP contribution in [0.2, 0.25) is 0 Å². The zero-order valence-corrected chi connectivity index (χ0v) is 15.2. The molecule has 7 heteroatoms. The molecule has 0 aromatic heterocycles. The van der Waals surface area contributed by atoms with E-state index < -0.39 is 12.6 Å². The maximum absolute atomic E-state index is 12.5. The molecular formula is C21H21NO6. The van der Waals surface area contributed by atoms with Crippen LogP contribution >= 0.6 is 0 Å². The molecule has 2 aliphatic rings. The number of carbonyl (C=O) groups excluding carboxylic acids is 1. The summed E-state index contributed by atoms with van der Waals surface area (Å²) in [5.41, 5.74) is 1.95. The number of rotatable bonds is 7. The van der Waals surface area contributed by atoms with Crippen molar-refractivity contribution in [2.24, 2.45) is 5.92 Å². The first kappa shape index (κ1) is 18.2. The largest absolute Gasteiger partial charge is 0.486 e. The number of carbonyl (C=O) groups is 2. The van der Waals surface area contributed by atoms with Crippen LogP contribution in [0, 0.1) is 5.92 Å². The van der Waals surface area contributed by atoms with Crippen molar-refractivity contribution in [2.45, 2.75) is 18.9 Å². The fourth-order valence-corrected chi connectivity index (χ4v) is 3.35. The Bertz CT molecular complexity index is 896. The van der Waals surface area contributed by atoms with Gasteiger partial charge in [0.25, 0.3) is 0 Å². The molecular weight excluding hydrogens is 362 g/mol. The van der Waals surface area contributed by atoms with E-state index in [1.807, 2.05) is 24.3 Å². The van der Waals surface area contributed by atoms with Gasteiger partial charge in [-0.3, -0.25) is 4.79 Å². The Labute approximate surface area is 162 Å². The van der Waals surface area contributed by atoms with E-state index in [9.17, 15) is 9.59 Å².